The van der Waals surface area contributed by atoms with Gasteiger partial charge in [-0.15, -0.1) is 0 Å². The van der Waals surface area contributed by atoms with E-state index in [1.165, 1.54) is 0 Å². The van der Waals surface area contributed by atoms with Crippen LogP contribution in [0.1, 0.15) is 34.6 Å². The molecule has 0 fully saturated rings. The number of nitrogens with one attached hydrogen (secondary N) is 2. The Kier molecular flexibility index (Phi) is 6.63. The first-order chi connectivity index (χ1) is 14.1. The number of carbonyl (C=O) groups excluding carboxylic acids is 2. The molecule has 0 aliphatic heterocycles. The summed E-state index contributed by atoms with van der Waals surface area (Å²) in [5, 5.41) is 5.72. The van der Waals surface area contributed by atoms with E-state index in [1.54, 1.807) is 24.3 Å². The molecule has 0 unspecified atom stereocenters. The van der Waals surface area contributed by atoms with Gasteiger partial charge in [-0.25, -0.2) is 0 Å². The number of rotatable bonds is 7. The SMILES string of the molecule is CCN(CC)c1ccc(NC(=O)c2ccc(C(=O)Nc3ccccc3)cc2)cc1. The third-order valence-electron chi connectivity index (χ3n) is 4.69. The topological polar surface area (TPSA) is 61.4 Å². The standard InChI is InChI=1S/C24H25N3O2/c1-3-27(4-2)22-16-14-21(15-17-22)26-24(29)19-12-10-18(11-13-19)23(28)25-20-8-6-5-7-9-20/h5-17H,3-4H2,1-2H3,(H,25,28)(H,26,29). The Hall–Kier alpha value is -3.60. The fourth-order valence-corrected chi connectivity index (χ4v) is 3.05. The fraction of sp³-hybridized carbons (Fsp3) is 0.167. The molecule has 3 aromatic carbocycles. The molecule has 0 heterocycles. The van der Waals surface area contributed by atoms with E-state index in [1.807, 2.05) is 54.6 Å². The predicted octanol–water partition coefficient (Wildman–Crippen LogP) is 5.04. The maximum absolute atomic E-state index is 12.5. The lowest BCUT2D eigenvalue weighted by Crippen LogP contribution is -2.21. The van der Waals surface area contributed by atoms with Crippen molar-refractivity contribution in [3.8, 4) is 0 Å². The summed E-state index contributed by atoms with van der Waals surface area (Å²) in [5.74, 6) is -0.425. The van der Waals surface area contributed by atoms with Gasteiger partial charge >= 0.3 is 0 Å². The van der Waals surface area contributed by atoms with Crippen LogP contribution in [-0.4, -0.2) is 24.9 Å². The van der Waals surface area contributed by atoms with Gasteiger partial charge in [0.15, 0.2) is 0 Å². The summed E-state index contributed by atoms with van der Waals surface area (Å²) in [6.45, 7) is 6.10. The van der Waals surface area contributed by atoms with E-state index in [4.69, 9.17) is 0 Å². The first kappa shape index (κ1) is 20.1. The summed E-state index contributed by atoms with van der Waals surface area (Å²) >= 11 is 0. The van der Waals surface area contributed by atoms with Gasteiger partial charge in [-0.05, 0) is 74.5 Å². The molecule has 0 atom stereocenters. The summed E-state index contributed by atoms with van der Waals surface area (Å²) in [6, 6.07) is 23.7. The number of hydrogen-bond donors (Lipinski definition) is 2. The molecule has 0 aliphatic rings. The van der Waals surface area contributed by atoms with Crippen LogP contribution in [0.4, 0.5) is 17.1 Å². The molecule has 0 saturated heterocycles. The van der Waals surface area contributed by atoms with Crippen LogP contribution in [0.2, 0.25) is 0 Å². The van der Waals surface area contributed by atoms with E-state index in [0.717, 1.165) is 30.2 Å². The summed E-state index contributed by atoms with van der Waals surface area (Å²) in [6.07, 6.45) is 0. The Labute approximate surface area is 171 Å². The van der Waals surface area contributed by atoms with Crippen LogP contribution in [0.15, 0.2) is 78.9 Å². The third kappa shape index (κ3) is 5.23. The van der Waals surface area contributed by atoms with Crippen LogP contribution in [0.25, 0.3) is 0 Å². The Bertz CT molecular complexity index is 948. The normalized spacial score (nSPS) is 10.3. The third-order valence-corrected chi connectivity index (χ3v) is 4.69. The number of carbonyl (C=O) groups is 2. The molecule has 29 heavy (non-hydrogen) atoms. The Balaban J connectivity index is 1.62. The van der Waals surface area contributed by atoms with Crippen LogP contribution < -0.4 is 15.5 Å². The lowest BCUT2D eigenvalue weighted by molar-refractivity contribution is 0.101. The van der Waals surface area contributed by atoms with Gasteiger partial charge in [0.05, 0.1) is 0 Å². The number of para-hydroxylation sites is 1. The quantitative estimate of drug-likeness (QED) is 0.597. The van der Waals surface area contributed by atoms with Crippen LogP contribution in [0.3, 0.4) is 0 Å². The number of amides is 2. The van der Waals surface area contributed by atoms with Crippen molar-refractivity contribution in [3.05, 3.63) is 90.0 Å². The van der Waals surface area contributed by atoms with Crippen molar-refractivity contribution in [2.45, 2.75) is 13.8 Å². The molecule has 0 radical (unpaired) electrons. The molecule has 2 amide bonds. The number of nitrogens with zero attached hydrogens (tertiary/aromatic N) is 1. The molecule has 5 nitrogen and oxygen atoms in total. The van der Waals surface area contributed by atoms with E-state index in [0.29, 0.717) is 11.1 Å². The molecular formula is C24H25N3O2. The average Bonchev–Trinajstić information content (AvgIpc) is 2.76. The molecule has 0 spiro atoms. The molecule has 0 saturated carbocycles. The second-order valence-corrected chi connectivity index (χ2v) is 6.57. The van der Waals surface area contributed by atoms with Crippen LogP contribution in [-0.2, 0) is 0 Å². The van der Waals surface area contributed by atoms with Crippen molar-refractivity contribution < 1.29 is 9.59 Å². The Morgan fingerprint density at radius 3 is 1.55 bits per heavy atom. The van der Waals surface area contributed by atoms with Crippen molar-refractivity contribution in [1.82, 2.24) is 0 Å². The van der Waals surface area contributed by atoms with Crippen molar-refractivity contribution in [1.29, 1.82) is 0 Å². The first-order valence-electron chi connectivity index (χ1n) is 9.73. The summed E-state index contributed by atoms with van der Waals surface area (Å²) in [4.78, 5) is 27.0. The van der Waals surface area contributed by atoms with Crippen LogP contribution in [0, 0.1) is 0 Å². The number of benzene rings is 3. The minimum atomic E-state index is -0.213. The minimum Gasteiger partial charge on any atom is -0.372 e. The molecule has 5 heteroatoms. The second-order valence-electron chi connectivity index (χ2n) is 6.57. The van der Waals surface area contributed by atoms with Gasteiger partial charge in [0.2, 0.25) is 0 Å². The summed E-state index contributed by atoms with van der Waals surface area (Å²) in [5.41, 5.74) is 3.58. The molecule has 0 bridgehead atoms. The summed E-state index contributed by atoms with van der Waals surface area (Å²) < 4.78 is 0. The zero-order chi connectivity index (χ0) is 20.6. The fourth-order valence-electron chi connectivity index (χ4n) is 3.05. The zero-order valence-corrected chi connectivity index (χ0v) is 16.7. The lowest BCUT2D eigenvalue weighted by atomic mass is 10.1. The van der Waals surface area contributed by atoms with Gasteiger partial charge in [-0.2, -0.15) is 0 Å². The van der Waals surface area contributed by atoms with Crippen molar-refractivity contribution in [2.24, 2.45) is 0 Å². The highest BCUT2D eigenvalue weighted by atomic mass is 16.2. The lowest BCUT2D eigenvalue weighted by Gasteiger charge is -2.21. The molecule has 3 rings (SSSR count). The van der Waals surface area contributed by atoms with Crippen molar-refractivity contribution >= 4 is 28.9 Å². The Morgan fingerprint density at radius 2 is 1.10 bits per heavy atom. The second kappa shape index (κ2) is 9.55. The highest BCUT2D eigenvalue weighted by Crippen LogP contribution is 2.18. The van der Waals surface area contributed by atoms with Crippen molar-refractivity contribution in [3.63, 3.8) is 0 Å². The van der Waals surface area contributed by atoms with Crippen LogP contribution >= 0.6 is 0 Å². The number of anilines is 3. The molecule has 3 aromatic rings. The van der Waals surface area contributed by atoms with Gasteiger partial charge in [0.25, 0.3) is 11.8 Å². The maximum Gasteiger partial charge on any atom is 0.255 e. The van der Waals surface area contributed by atoms with Gasteiger partial charge in [0, 0.05) is 41.3 Å². The van der Waals surface area contributed by atoms with E-state index in [2.05, 4.69) is 29.4 Å². The van der Waals surface area contributed by atoms with E-state index in [-0.39, 0.29) is 11.8 Å². The molecule has 0 aliphatic carbocycles. The van der Waals surface area contributed by atoms with Gasteiger partial charge in [-0.3, -0.25) is 9.59 Å². The van der Waals surface area contributed by atoms with E-state index >= 15 is 0 Å². The predicted molar refractivity (Wildman–Crippen MR) is 119 cm³/mol. The van der Waals surface area contributed by atoms with Gasteiger partial charge < -0.3 is 15.5 Å². The molecule has 2 N–H and O–H groups in total. The van der Waals surface area contributed by atoms with Gasteiger partial charge in [0.1, 0.15) is 0 Å². The summed E-state index contributed by atoms with van der Waals surface area (Å²) in [7, 11) is 0. The number of hydrogen-bond acceptors (Lipinski definition) is 3. The molecule has 0 aromatic heterocycles. The largest absolute Gasteiger partial charge is 0.372 e. The van der Waals surface area contributed by atoms with Crippen molar-refractivity contribution in [2.75, 3.05) is 28.6 Å². The highest BCUT2D eigenvalue weighted by Gasteiger charge is 2.10. The first-order valence-corrected chi connectivity index (χ1v) is 9.73. The van der Waals surface area contributed by atoms with Gasteiger partial charge in [-0.1, -0.05) is 18.2 Å². The highest BCUT2D eigenvalue weighted by molar-refractivity contribution is 6.07. The minimum absolute atomic E-state index is 0.212. The molecular weight excluding hydrogens is 362 g/mol. The maximum atomic E-state index is 12.5. The Morgan fingerprint density at radius 1 is 0.655 bits per heavy atom. The molecule has 148 valence electrons. The van der Waals surface area contributed by atoms with E-state index < -0.39 is 0 Å². The zero-order valence-electron chi connectivity index (χ0n) is 16.7. The van der Waals surface area contributed by atoms with E-state index in [9.17, 15) is 9.59 Å². The monoisotopic (exact) mass is 387 g/mol. The smallest absolute Gasteiger partial charge is 0.255 e. The average molecular weight is 387 g/mol. The van der Waals surface area contributed by atoms with Crippen LogP contribution in [0.5, 0.6) is 0 Å².